The van der Waals surface area contributed by atoms with Gasteiger partial charge in [0.1, 0.15) is 0 Å². The molecule has 1 aromatic heterocycles. The summed E-state index contributed by atoms with van der Waals surface area (Å²) < 4.78 is 25.7. The van der Waals surface area contributed by atoms with Gasteiger partial charge >= 0.3 is 0 Å². The zero-order chi connectivity index (χ0) is 18.5. The molecule has 0 aliphatic carbocycles. The molecule has 1 amide bonds. The fourth-order valence-electron chi connectivity index (χ4n) is 3.37. The minimum Gasteiger partial charge on any atom is -0.382 e. The number of benzene rings is 2. The number of amides is 1. The molecule has 2 aromatic carbocycles. The number of sulfone groups is 1. The number of aryl methyl sites for hydroxylation is 1. The molecule has 0 atom stereocenters. The van der Waals surface area contributed by atoms with Gasteiger partial charge in [-0.25, -0.2) is 8.42 Å². The highest BCUT2D eigenvalue weighted by Crippen LogP contribution is 2.38. The monoisotopic (exact) mass is 369 g/mol. The maximum Gasteiger partial charge on any atom is 0.226 e. The summed E-state index contributed by atoms with van der Waals surface area (Å²) in [7, 11) is -1.35. The molecule has 26 heavy (non-hydrogen) atoms. The van der Waals surface area contributed by atoms with Gasteiger partial charge in [-0.15, -0.1) is 0 Å². The first kappa shape index (κ1) is 16.7. The van der Waals surface area contributed by atoms with E-state index < -0.39 is 9.84 Å². The van der Waals surface area contributed by atoms with Crippen LogP contribution < -0.4 is 10.6 Å². The third-order valence-corrected chi connectivity index (χ3v) is 5.82. The number of nitrogens with one attached hydrogen (secondary N) is 2. The smallest absolute Gasteiger partial charge is 0.226 e. The Balaban J connectivity index is 1.92. The van der Waals surface area contributed by atoms with E-state index in [2.05, 4.69) is 10.6 Å². The van der Waals surface area contributed by atoms with E-state index in [4.69, 9.17) is 0 Å². The molecule has 0 bridgehead atoms. The molecule has 0 spiro atoms. The van der Waals surface area contributed by atoms with Gasteiger partial charge in [-0.3, -0.25) is 4.79 Å². The molecule has 6 nitrogen and oxygen atoms in total. The van der Waals surface area contributed by atoms with Crippen molar-refractivity contribution in [3.63, 3.8) is 0 Å². The summed E-state index contributed by atoms with van der Waals surface area (Å²) in [6.45, 7) is 0.567. The largest absolute Gasteiger partial charge is 0.382 e. The summed E-state index contributed by atoms with van der Waals surface area (Å²) in [5.74, 6) is -0.0109. The first-order valence-corrected chi connectivity index (χ1v) is 10.2. The van der Waals surface area contributed by atoms with Crippen LogP contribution in [0.1, 0.15) is 6.42 Å². The van der Waals surface area contributed by atoms with Crippen molar-refractivity contribution in [2.24, 2.45) is 7.05 Å². The average Bonchev–Trinajstić information content (AvgIpc) is 2.78. The van der Waals surface area contributed by atoms with Gasteiger partial charge in [-0.05, 0) is 24.3 Å². The highest BCUT2D eigenvalue weighted by atomic mass is 32.2. The van der Waals surface area contributed by atoms with Gasteiger partial charge in [-0.2, -0.15) is 0 Å². The maximum atomic E-state index is 11.9. The van der Waals surface area contributed by atoms with Crippen molar-refractivity contribution in [2.45, 2.75) is 11.3 Å². The van der Waals surface area contributed by atoms with E-state index in [9.17, 15) is 13.2 Å². The molecule has 2 heterocycles. The lowest BCUT2D eigenvalue weighted by Gasteiger charge is -2.14. The van der Waals surface area contributed by atoms with Crippen LogP contribution in [0.5, 0.6) is 0 Å². The van der Waals surface area contributed by atoms with E-state index in [1.165, 1.54) is 6.26 Å². The number of para-hydroxylation sites is 1. The first-order chi connectivity index (χ1) is 12.3. The fourth-order valence-corrected chi connectivity index (χ4v) is 4.01. The van der Waals surface area contributed by atoms with Crippen molar-refractivity contribution < 1.29 is 13.2 Å². The number of aromatic nitrogens is 1. The fraction of sp³-hybridized carbons (Fsp3) is 0.211. The van der Waals surface area contributed by atoms with E-state index >= 15 is 0 Å². The van der Waals surface area contributed by atoms with Crippen LogP contribution in [0.4, 0.5) is 11.4 Å². The summed E-state index contributed by atoms with van der Waals surface area (Å²) in [6, 6.07) is 13.0. The lowest BCUT2D eigenvalue weighted by atomic mass is 10.1. The van der Waals surface area contributed by atoms with Crippen molar-refractivity contribution >= 4 is 38.0 Å². The molecule has 0 saturated heterocycles. The lowest BCUT2D eigenvalue weighted by molar-refractivity contribution is -0.115. The number of hydrogen-bond acceptors (Lipinski definition) is 4. The third-order valence-electron chi connectivity index (χ3n) is 4.71. The number of nitrogens with zero attached hydrogens (tertiary/aromatic N) is 1. The van der Waals surface area contributed by atoms with E-state index in [1.54, 1.807) is 12.1 Å². The van der Waals surface area contributed by atoms with Gasteiger partial charge < -0.3 is 15.2 Å². The van der Waals surface area contributed by atoms with Crippen LogP contribution in [0.25, 0.3) is 22.2 Å². The Bertz CT molecular complexity index is 1150. The molecule has 134 valence electrons. The third kappa shape index (κ3) is 2.74. The quantitative estimate of drug-likeness (QED) is 0.728. The Morgan fingerprint density at radius 1 is 1.12 bits per heavy atom. The first-order valence-electron chi connectivity index (χ1n) is 8.31. The number of fused-ring (bicyclic) bond motifs is 2. The van der Waals surface area contributed by atoms with Crippen molar-refractivity contribution in [3.05, 3.63) is 42.5 Å². The van der Waals surface area contributed by atoms with Crippen LogP contribution in [-0.4, -0.2) is 31.7 Å². The van der Waals surface area contributed by atoms with Crippen molar-refractivity contribution in [3.8, 4) is 11.3 Å². The molecule has 1 aliphatic rings. The van der Waals surface area contributed by atoms with E-state index in [0.29, 0.717) is 17.9 Å². The lowest BCUT2D eigenvalue weighted by Crippen LogP contribution is -2.10. The van der Waals surface area contributed by atoms with E-state index in [1.807, 2.05) is 41.9 Å². The Morgan fingerprint density at radius 3 is 2.69 bits per heavy atom. The summed E-state index contributed by atoms with van der Waals surface area (Å²) in [4.78, 5) is 12.1. The van der Waals surface area contributed by atoms with Crippen LogP contribution >= 0.6 is 0 Å². The molecule has 7 heteroatoms. The Hall–Kier alpha value is -2.80. The van der Waals surface area contributed by atoms with Gasteiger partial charge in [0.15, 0.2) is 9.84 Å². The molecular weight excluding hydrogens is 350 g/mol. The van der Waals surface area contributed by atoms with Crippen LogP contribution in [0.3, 0.4) is 0 Å². The van der Waals surface area contributed by atoms with Gasteiger partial charge in [0.2, 0.25) is 5.91 Å². The second-order valence-electron chi connectivity index (χ2n) is 6.53. The van der Waals surface area contributed by atoms with Gasteiger partial charge in [0.05, 0.1) is 22.0 Å². The topological polar surface area (TPSA) is 80.2 Å². The molecule has 0 radical (unpaired) electrons. The van der Waals surface area contributed by atoms with E-state index in [0.717, 1.165) is 33.5 Å². The molecule has 4 rings (SSSR count). The Morgan fingerprint density at radius 2 is 1.92 bits per heavy atom. The molecule has 1 aliphatic heterocycles. The van der Waals surface area contributed by atoms with Gasteiger partial charge in [0, 0.05) is 42.7 Å². The Kier molecular flexibility index (Phi) is 3.77. The van der Waals surface area contributed by atoms with Crippen molar-refractivity contribution in [1.82, 2.24) is 4.57 Å². The molecule has 0 saturated carbocycles. The van der Waals surface area contributed by atoms with E-state index in [-0.39, 0.29) is 5.91 Å². The second-order valence-corrected chi connectivity index (χ2v) is 8.55. The van der Waals surface area contributed by atoms with Gasteiger partial charge in [0.25, 0.3) is 0 Å². The summed E-state index contributed by atoms with van der Waals surface area (Å²) >= 11 is 0. The number of rotatable bonds is 2. The molecule has 2 N–H and O–H groups in total. The molecule has 3 aromatic rings. The SMILES string of the molecule is Cn1c(-c2cccc3c2NCCC(=O)N3)cc2ccc(S(C)(=O)=O)cc21. The summed E-state index contributed by atoms with van der Waals surface area (Å²) in [6.07, 6.45) is 1.63. The average molecular weight is 369 g/mol. The van der Waals surface area contributed by atoms with Crippen LogP contribution in [0.2, 0.25) is 0 Å². The van der Waals surface area contributed by atoms with Crippen LogP contribution in [0.15, 0.2) is 47.4 Å². The summed E-state index contributed by atoms with van der Waals surface area (Å²) in [5, 5.41) is 7.23. The van der Waals surface area contributed by atoms with Crippen LogP contribution in [0, 0.1) is 0 Å². The number of hydrogen-bond donors (Lipinski definition) is 2. The zero-order valence-electron chi connectivity index (χ0n) is 14.5. The highest BCUT2D eigenvalue weighted by Gasteiger charge is 2.19. The minimum absolute atomic E-state index is 0.0109. The van der Waals surface area contributed by atoms with Gasteiger partial charge in [-0.1, -0.05) is 18.2 Å². The summed E-state index contributed by atoms with van der Waals surface area (Å²) in [5.41, 5.74) is 4.40. The number of carbonyl (C=O) groups excluding carboxylic acids is 1. The van der Waals surface area contributed by atoms with Crippen molar-refractivity contribution in [1.29, 1.82) is 0 Å². The highest BCUT2D eigenvalue weighted by molar-refractivity contribution is 7.90. The van der Waals surface area contributed by atoms with Crippen molar-refractivity contribution in [2.75, 3.05) is 23.4 Å². The predicted octanol–water partition coefficient (Wildman–Crippen LogP) is 3.00. The minimum atomic E-state index is -3.26. The standard InChI is InChI=1S/C19H19N3O3S/c1-22-16-11-13(26(2,24)25)7-6-12(16)10-17(22)14-4-3-5-15-19(14)20-9-8-18(23)21-15/h3-7,10-11,20H,8-9H2,1-2H3,(H,21,23). The molecule has 0 unspecified atom stereocenters. The Labute approximate surface area is 151 Å². The number of carbonyl (C=O) groups is 1. The second kappa shape index (κ2) is 5.88. The predicted molar refractivity (Wildman–Crippen MR) is 103 cm³/mol. The normalized spacial score (nSPS) is 14.5. The zero-order valence-corrected chi connectivity index (χ0v) is 15.4. The maximum absolute atomic E-state index is 11.9. The number of anilines is 2. The van der Waals surface area contributed by atoms with Crippen LogP contribution in [-0.2, 0) is 21.7 Å². The molecular formula is C19H19N3O3S. The molecule has 0 fully saturated rings.